The van der Waals surface area contributed by atoms with Gasteiger partial charge < -0.3 is 10.6 Å². The fourth-order valence-electron chi connectivity index (χ4n) is 2.05. The lowest BCUT2D eigenvalue weighted by atomic mass is 9.89. The van der Waals surface area contributed by atoms with Gasteiger partial charge in [-0.15, -0.1) is 0 Å². The van der Waals surface area contributed by atoms with E-state index in [4.69, 9.17) is 11.6 Å². The van der Waals surface area contributed by atoms with Crippen molar-refractivity contribution in [3.05, 3.63) is 34.9 Å². The Kier molecular flexibility index (Phi) is 3.85. The van der Waals surface area contributed by atoms with E-state index in [1.54, 1.807) is 24.3 Å². The summed E-state index contributed by atoms with van der Waals surface area (Å²) in [6.45, 7) is 1.47. The Morgan fingerprint density at radius 1 is 1.39 bits per heavy atom. The molecule has 1 aliphatic heterocycles. The number of amides is 1. The quantitative estimate of drug-likeness (QED) is 0.854. The maximum Gasteiger partial charge on any atom is 0.254 e. The van der Waals surface area contributed by atoms with Crippen LogP contribution in [0.3, 0.4) is 0 Å². The second kappa shape index (κ2) is 5.38. The van der Waals surface area contributed by atoms with Crippen molar-refractivity contribution in [2.45, 2.75) is 18.4 Å². The van der Waals surface area contributed by atoms with Crippen LogP contribution in [0.25, 0.3) is 0 Å². The Morgan fingerprint density at radius 3 is 2.67 bits per heavy atom. The van der Waals surface area contributed by atoms with Gasteiger partial charge in [-0.1, -0.05) is 23.7 Å². The largest absolute Gasteiger partial charge is 0.334 e. The Labute approximate surface area is 111 Å². The van der Waals surface area contributed by atoms with E-state index in [9.17, 15) is 10.1 Å². The van der Waals surface area contributed by atoms with Gasteiger partial charge in [0.1, 0.15) is 5.54 Å². The van der Waals surface area contributed by atoms with Crippen LogP contribution in [-0.2, 0) is 0 Å². The topological polar surface area (TPSA) is 64.9 Å². The van der Waals surface area contributed by atoms with Gasteiger partial charge in [-0.25, -0.2) is 0 Å². The molecule has 0 atom stereocenters. The molecule has 0 unspecified atom stereocenters. The molecule has 0 radical (unpaired) electrons. The number of carbonyl (C=O) groups excluding carboxylic acids is 1. The van der Waals surface area contributed by atoms with E-state index >= 15 is 0 Å². The molecule has 1 amide bonds. The van der Waals surface area contributed by atoms with Crippen LogP contribution in [0.5, 0.6) is 0 Å². The summed E-state index contributed by atoms with van der Waals surface area (Å²) in [6, 6.07) is 9.06. The van der Waals surface area contributed by atoms with Crippen LogP contribution >= 0.6 is 11.6 Å². The summed E-state index contributed by atoms with van der Waals surface area (Å²) in [7, 11) is 0. The maximum absolute atomic E-state index is 12.1. The summed E-state index contributed by atoms with van der Waals surface area (Å²) in [5.74, 6) is -0.288. The van der Waals surface area contributed by atoms with Crippen molar-refractivity contribution in [1.29, 1.82) is 5.26 Å². The predicted molar refractivity (Wildman–Crippen MR) is 69.4 cm³/mol. The number of nitrogens with one attached hydrogen (secondary N) is 2. The van der Waals surface area contributed by atoms with Crippen molar-refractivity contribution >= 4 is 17.5 Å². The molecule has 5 heteroatoms. The molecule has 0 bridgehead atoms. The molecule has 2 rings (SSSR count). The van der Waals surface area contributed by atoms with Crippen molar-refractivity contribution in [3.63, 3.8) is 0 Å². The molecule has 0 aliphatic carbocycles. The van der Waals surface area contributed by atoms with Crippen LogP contribution in [0.2, 0.25) is 5.02 Å². The molecular formula is C13H14ClN3O. The molecule has 1 fully saturated rings. The van der Waals surface area contributed by atoms with Crippen LogP contribution in [0.4, 0.5) is 0 Å². The molecule has 1 aliphatic rings. The number of hydrogen-bond acceptors (Lipinski definition) is 3. The summed E-state index contributed by atoms with van der Waals surface area (Å²) in [6.07, 6.45) is 1.22. The third kappa shape index (κ3) is 2.63. The smallest absolute Gasteiger partial charge is 0.254 e. The van der Waals surface area contributed by atoms with Crippen LogP contribution in [0.15, 0.2) is 24.3 Å². The Bertz CT molecular complexity index is 489. The van der Waals surface area contributed by atoms with E-state index in [0.717, 1.165) is 13.1 Å². The minimum absolute atomic E-state index is 0.288. The van der Waals surface area contributed by atoms with Crippen LogP contribution in [0.1, 0.15) is 23.2 Å². The van der Waals surface area contributed by atoms with Crippen molar-refractivity contribution in [2.75, 3.05) is 13.1 Å². The highest BCUT2D eigenvalue weighted by atomic mass is 35.5. The predicted octanol–water partition coefficient (Wildman–Crippen LogP) is 1.72. The van der Waals surface area contributed by atoms with Gasteiger partial charge in [-0.3, -0.25) is 4.79 Å². The molecule has 4 nitrogen and oxygen atoms in total. The van der Waals surface area contributed by atoms with E-state index in [2.05, 4.69) is 16.7 Å². The highest BCUT2D eigenvalue weighted by molar-refractivity contribution is 6.33. The number of carbonyl (C=O) groups is 1. The molecule has 1 saturated heterocycles. The van der Waals surface area contributed by atoms with Gasteiger partial charge in [-0.05, 0) is 38.1 Å². The zero-order chi connectivity index (χ0) is 13.0. The molecule has 1 heterocycles. The highest BCUT2D eigenvalue weighted by Crippen LogP contribution is 2.20. The van der Waals surface area contributed by atoms with E-state index in [0.29, 0.717) is 23.4 Å². The van der Waals surface area contributed by atoms with E-state index in [1.165, 1.54) is 0 Å². The molecule has 0 spiro atoms. The van der Waals surface area contributed by atoms with Crippen molar-refractivity contribution in [1.82, 2.24) is 10.6 Å². The molecule has 0 saturated carbocycles. The Hall–Kier alpha value is -1.57. The molecule has 2 N–H and O–H groups in total. The first-order chi connectivity index (χ1) is 8.67. The van der Waals surface area contributed by atoms with Gasteiger partial charge >= 0.3 is 0 Å². The van der Waals surface area contributed by atoms with Gasteiger partial charge in [0.15, 0.2) is 0 Å². The van der Waals surface area contributed by atoms with E-state index in [1.807, 2.05) is 0 Å². The molecule has 1 aromatic rings. The van der Waals surface area contributed by atoms with Crippen molar-refractivity contribution < 1.29 is 4.79 Å². The number of nitrogens with zero attached hydrogens (tertiary/aromatic N) is 1. The molecule has 18 heavy (non-hydrogen) atoms. The summed E-state index contributed by atoms with van der Waals surface area (Å²) < 4.78 is 0. The van der Waals surface area contributed by atoms with Crippen molar-refractivity contribution in [3.8, 4) is 6.07 Å². The highest BCUT2D eigenvalue weighted by Gasteiger charge is 2.34. The lowest BCUT2D eigenvalue weighted by molar-refractivity contribution is 0.0906. The SMILES string of the molecule is N#CC1(NC(=O)c2ccccc2Cl)CCNCC1. The number of hydrogen-bond donors (Lipinski definition) is 2. The second-order valence-corrected chi connectivity index (χ2v) is 4.79. The van der Waals surface area contributed by atoms with Crippen LogP contribution < -0.4 is 10.6 Å². The van der Waals surface area contributed by atoms with Crippen LogP contribution in [-0.4, -0.2) is 24.5 Å². The summed E-state index contributed by atoms with van der Waals surface area (Å²) in [5, 5.41) is 15.7. The normalized spacial score (nSPS) is 17.8. The monoisotopic (exact) mass is 263 g/mol. The van der Waals surface area contributed by atoms with Crippen molar-refractivity contribution in [2.24, 2.45) is 0 Å². The zero-order valence-electron chi connectivity index (χ0n) is 9.87. The first-order valence-electron chi connectivity index (χ1n) is 5.86. The van der Waals surface area contributed by atoms with E-state index < -0.39 is 5.54 Å². The summed E-state index contributed by atoms with van der Waals surface area (Å²) in [5.41, 5.74) is -0.367. The second-order valence-electron chi connectivity index (χ2n) is 4.38. The molecular weight excluding hydrogens is 250 g/mol. The number of halogens is 1. The first-order valence-corrected chi connectivity index (χ1v) is 6.24. The zero-order valence-corrected chi connectivity index (χ0v) is 10.6. The lowest BCUT2D eigenvalue weighted by Gasteiger charge is -2.32. The third-order valence-corrected chi connectivity index (χ3v) is 3.47. The average Bonchev–Trinajstić information content (AvgIpc) is 2.40. The number of nitriles is 1. The summed E-state index contributed by atoms with van der Waals surface area (Å²) in [4.78, 5) is 12.1. The van der Waals surface area contributed by atoms with E-state index in [-0.39, 0.29) is 5.91 Å². The van der Waals surface area contributed by atoms with Gasteiger partial charge in [0, 0.05) is 0 Å². The van der Waals surface area contributed by atoms with Gasteiger partial charge in [0.2, 0.25) is 0 Å². The summed E-state index contributed by atoms with van der Waals surface area (Å²) >= 11 is 5.97. The fraction of sp³-hybridized carbons (Fsp3) is 0.385. The maximum atomic E-state index is 12.1. The van der Waals surface area contributed by atoms with Gasteiger partial charge in [-0.2, -0.15) is 5.26 Å². The molecule has 1 aromatic carbocycles. The molecule has 0 aromatic heterocycles. The average molecular weight is 264 g/mol. The van der Waals surface area contributed by atoms with Crippen LogP contribution in [0, 0.1) is 11.3 Å². The number of piperidine rings is 1. The number of benzene rings is 1. The standard InChI is InChI=1S/C13H14ClN3O/c14-11-4-2-1-3-10(11)12(18)17-13(9-15)5-7-16-8-6-13/h1-4,16H,5-8H2,(H,17,18). The lowest BCUT2D eigenvalue weighted by Crippen LogP contribution is -2.53. The minimum Gasteiger partial charge on any atom is -0.334 e. The first kappa shape index (κ1) is 12.9. The Morgan fingerprint density at radius 2 is 2.06 bits per heavy atom. The van der Waals surface area contributed by atoms with Gasteiger partial charge in [0.05, 0.1) is 16.7 Å². The fourth-order valence-corrected chi connectivity index (χ4v) is 2.27. The number of rotatable bonds is 2. The third-order valence-electron chi connectivity index (χ3n) is 3.14. The molecule has 94 valence electrons. The minimum atomic E-state index is -0.776. The van der Waals surface area contributed by atoms with Gasteiger partial charge in [0.25, 0.3) is 5.91 Å². The Balaban J connectivity index is 2.16.